The predicted octanol–water partition coefficient (Wildman–Crippen LogP) is 5.90. The number of hydrogen-bond donors (Lipinski definition) is 0. The lowest BCUT2D eigenvalue weighted by molar-refractivity contribution is -0.385. The van der Waals surface area contributed by atoms with Crippen LogP contribution in [0.15, 0.2) is 58.7 Å². The number of halogens is 1. The van der Waals surface area contributed by atoms with Crippen molar-refractivity contribution in [2.45, 2.75) is 30.3 Å². The monoisotopic (exact) mass is 573 g/mol. The second-order valence-electron chi connectivity index (χ2n) is 7.99. The van der Waals surface area contributed by atoms with Crippen LogP contribution in [0.3, 0.4) is 0 Å². The number of non-ortho nitro benzene ring substituents is 1. The number of ether oxygens (including phenoxy) is 2. The van der Waals surface area contributed by atoms with Crippen LogP contribution in [0.2, 0.25) is 0 Å². The zero-order chi connectivity index (χ0) is 24.2. The van der Waals surface area contributed by atoms with Crippen LogP contribution in [0.1, 0.15) is 40.7 Å². The van der Waals surface area contributed by atoms with Crippen LogP contribution < -0.4 is 9.47 Å². The normalized spacial score (nSPS) is 14.7. The van der Waals surface area contributed by atoms with E-state index in [0.717, 1.165) is 30.5 Å². The minimum absolute atomic E-state index is 0.0194. The maximum Gasteiger partial charge on any atom is 0.270 e. The lowest BCUT2D eigenvalue weighted by Gasteiger charge is -2.23. The van der Waals surface area contributed by atoms with E-state index >= 15 is 0 Å². The number of benzene rings is 2. The summed E-state index contributed by atoms with van der Waals surface area (Å²) < 4.78 is 12.1. The van der Waals surface area contributed by atoms with Crippen molar-refractivity contribution in [2.75, 3.05) is 13.7 Å². The molecule has 0 N–H and O–H groups in total. The highest BCUT2D eigenvalue weighted by molar-refractivity contribution is 14.1. The van der Waals surface area contributed by atoms with Gasteiger partial charge in [0.25, 0.3) is 11.6 Å². The number of hydrogen-bond acceptors (Lipinski definition) is 6. The van der Waals surface area contributed by atoms with Gasteiger partial charge in [0.05, 0.1) is 23.3 Å². The van der Waals surface area contributed by atoms with Gasteiger partial charge in [0.1, 0.15) is 6.61 Å². The zero-order valence-electron chi connectivity index (χ0n) is 18.8. The molecule has 2 aromatic rings. The number of amides is 1. The molecule has 0 bridgehead atoms. The van der Waals surface area contributed by atoms with Crippen LogP contribution in [0.5, 0.6) is 11.5 Å². The number of nitro groups is 1. The van der Waals surface area contributed by atoms with Crippen molar-refractivity contribution in [1.29, 1.82) is 0 Å². The van der Waals surface area contributed by atoms with E-state index in [0.29, 0.717) is 39.3 Å². The average molecular weight is 573 g/mol. The first-order valence-electron chi connectivity index (χ1n) is 10.8. The molecule has 2 aliphatic rings. The van der Waals surface area contributed by atoms with Crippen molar-refractivity contribution in [3.8, 4) is 11.5 Å². The summed E-state index contributed by atoms with van der Waals surface area (Å²) in [7, 11) is 1.50. The number of methoxy groups -OCH3 is 1. The second-order valence-corrected chi connectivity index (χ2v) is 8.75. The highest BCUT2D eigenvalue weighted by Crippen LogP contribution is 2.39. The summed E-state index contributed by atoms with van der Waals surface area (Å²) in [6.07, 6.45) is 6.85. The van der Waals surface area contributed by atoms with E-state index in [1.165, 1.54) is 18.7 Å². The molecular weight excluding hydrogens is 549 g/mol. The molecule has 34 heavy (non-hydrogen) atoms. The highest BCUT2D eigenvalue weighted by Gasteiger charge is 2.30. The number of aliphatic imine (C=N–C) groups is 1. The number of carbonyl (C=O) groups excluding carboxylic acids is 1. The molecule has 1 aliphatic heterocycles. The molecule has 0 spiro atoms. The van der Waals surface area contributed by atoms with Crippen LogP contribution in [0.4, 0.5) is 11.4 Å². The van der Waals surface area contributed by atoms with Gasteiger partial charge in [0.15, 0.2) is 11.5 Å². The molecule has 0 unspecified atom stereocenters. The Balaban J connectivity index is 1.61. The van der Waals surface area contributed by atoms with Crippen molar-refractivity contribution in [3.05, 3.63) is 80.6 Å². The molecule has 1 aliphatic carbocycles. The van der Waals surface area contributed by atoms with E-state index < -0.39 is 4.92 Å². The average Bonchev–Trinajstić information content (AvgIpc) is 3.30. The summed E-state index contributed by atoms with van der Waals surface area (Å²) in [5, 5.41) is 11.3. The fraction of sp³-hybridized carbons (Fsp3) is 0.280. The Hall–Kier alpha value is -3.21. The van der Waals surface area contributed by atoms with Gasteiger partial charge in [-0.1, -0.05) is 40.8 Å². The van der Waals surface area contributed by atoms with Gasteiger partial charge in [-0.2, -0.15) is 0 Å². The first-order valence-corrected chi connectivity index (χ1v) is 12.3. The van der Waals surface area contributed by atoms with Gasteiger partial charge in [0, 0.05) is 34.9 Å². The molecule has 4 rings (SSSR count). The Morgan fingerprint density at radius 1 is 1.21 bits per heavy atom. The summed E-state index contributed by atoms with van der Waals surface area (Å²) in [5.74, 6) is 0.621. The van der Waals surface area contributed by atoms with Gasteiger partial charge in [-0.25, -0.2) is 0 Å². The molecule has 0 saturated heterocycles. The third kappa shape index (κ3) is 4.84. The van der Waals surface area contributed by atoms with E-state index in [2.05, 4.69) is 46.5 Å². The van der Waals surface area contributed by atoms with Gasteiger partial charge >= 0.3 is 0 Å². The lowest BCUT2D eigenvalue weighted by atomic mass is 10.0. The van der Waals surface area contributed by atoms with E-state index in [1.807, 2.05) is 11.0 Å². The van der Waals surface area contributed by atoms with Crippen LogP contribution in [0, 0.1) is 10.1 Å². The van der Waals surface area contributed by atoms with E-state index in [9.17, 15) is 14.9 Å². The molecule has 1 amide bonds. The molecule has 0 saturated carbocycles. The van der Waals surface area contributed by atoms with Crippen LogP contribution >= 0.6 is 22.6 Å². The summed E-state index contributed by atoms with van der Waals surface area (Å²) in [5.41, 5.74) is 4.59. The second kappa shape index (κ2) is 10.4. The van der Waals surface area contributed by atoms with Gasteiger partial charge in [-0.15, -0.1) is 0 Å². The summed E-state index contributed by atoms with van der Waals surface area (Å²) in [4.78, 5) is 30.2. The van der Waals surface area contributed by atoms with Gasteiger partial charge in [0.2, 0.25) is 0 Å². The SMILES string of the molecule is C=Nc1cc(OCc2cc(CI)cc([N+](=O)[O-])c2)c(OC)cc1C(=O)N1CCC2=C1CCC=C2. The Morgan fingerprint density at radius 2 is 2.00 bits per heavy atom. The molecule has 0 atom stereocenters. The molecule has 9 heteroatoms. The Kier molecular flexibility index (Phi) is 7.30. The van der Waals surface area contributed by atoms with E-state index in [1.54, 1.807) is 18.2 Å². The number of nitro benzene ring substituents is 1. The fourth-order valence-electron chi connectivity index (χ4n) is 4.27. The molecule has 1 heterocycles. The fourth-order valence-corrected chi connectivity index (χ4v) is 4.71. The topological polar surface area (TPSA) is 94.3 Å². The van der Waals surface area contributed by atoms with Crippen LogP contribution in [0.25, 0.3) is 0 Å². The van der Waals surface area contributed by atoms with E-state index in [4.69, 9.17) is 9.47 Å². The maximum atomic E-state index is 13.4. The molecule has 176 valence electrons. The Labute approximate surface area is 211 Å². The summed E-state index contributed by atoms with van der Waals surface area (Å²) in [6.45, 7) is 4.37. The molecule has 0 aromatic heterocycles. The first kappa shape index (κ1) is 23.9. The maximum absolute atomic E-state index is 13.4. The van der Waals surface area contributed by atoms with Gasteiger partial charge < -0.3 is 14.4 Å². The predicted molar refractivity (Wildman–Crippen MR) is 138 cm³/mol. The quantitative estimate of drug-likeness (QED) is 0.129. The molecule has 8 nitrogen and oxygen atoms in total. The number of rotatable bonds is 8. The van der Waals surface area contributed by atoms with Crippen molar-refractivity contribution in [1.82, 2.24) is 4.90 Å². The third-order valence-electron chi connectivity index (χ3n) is 5.89. The lowest BCUT2D eigenvalue weighted by Crippen LogP contribution is -2.28. The highest BCUT2D eigenvalue weighted by atomic mass is 127. The standard InChI is InChI=1S/C25H24IN3O5/c1-27-21-13-24(34-15-17-9-16(14-26)10-19(11-17)29(31)32)23(33-2)12-20(21)25(30)28-8-7-18-5-3-4-6-22(18)28/h3,5,9-13H,1,4,6-8,14-15H2,2H3. The number of allylic oxidation sites excluding steroid dienone is 3. The smallest absolute Gasteiger partial charge is 0.270 e. The van der Waals surface area contributed by atoms with Crippen LogP contribution in [-0.4, -0.2) is 36.1 Å². The van der Waals surface area contributed by atoms with Gasteiger partial charge in [-0.3, -0.25) is 19.9 Å². The Morgan fingerprint density at radius 3 is 2.71 bits per heavy atom. The van der Waals surface area contributed by atoms with Crippen molar-refractivity contribution in [2.24, 2.45) is 4.99 Å². The molecule has 0 fully saturated rings. The third-order valence-corrected chi connectivity index (χ3v) is 6.77. The molecular formula is C25H24IN3O5. The van der Waals surface area contributed by atoms with Crippen LogP contribution in [-0.2, 0) is 11.0 Å². The minimum atomic E-state index is -0.415. The minimum Gasteiger partial charge on any atom is -0.493 e. The number of carbonyl (C=O) groups is 1. The zero-order valence-corrected chi connectivity index (χ0v) is 20.9. The molecule has 2 aromatic carbocycles. The van der Waals surface area contributed by atoms with Gasteiger partial charge in [-0.05, 0) is 48.7 Å². The Bertz CT molecular complexity index is 1220. The first-order chi connectivity index (χ1) is 16.4. The summed E-state index contributed by atoms with van der Waals surface area (Å²) in [6, 6.07) is 8.17. The summed E-state index contributed by atoms with van der Waals surface area (Å²) >= 11 is 2.16. The largest absolute Gasteiger partial charge is 0.493 e. The van der Waals surface area contributed by atoms with Crippen molar-refractivity contribution in [3.63, 3.8) is 0 Å². The van der Waals surface area contributed by atoms with Crippen molar-refractivity contribution >= 4 is 46.6 Å². The van der Waals surface area contributed by atoms with Crippen molar-refractivity contribution < 1.29 is 19.2 Å². The number of alkyl halides is 1. The van der Waals surface area contributed by atoms with E-state index in [-0.39, 0.29) is 18.2 Å². The molecule has 0 radical (unpaired) electrons. The number of nitrogens with zero attached hydrogens (tertiary/aromatic N) is 3.